The molecule has 3 rings (SSSR count). The molecule has 0 aliphatic carbocycles. The minimum atomic E-state index is 0. The summed E-state index contributed by atoms with van der Waals surface area (Å²) in [5, 5.41) is 17.2. The van der Waals surface area contributed by atoms with Crippen molar-refractivity contribution < 1.29 is 0 Å². The Morgan fingerprint density at radius 2 is 2.03 bits per heavy atom. The molecule has 1 unspecified atom stereocenters. The Hall–Kier alpha value is -1.94. The molecule has 6 nitrogen and oxygen atoms in total. The van der Waals surface area contributed by atoms with E-state index in [0.29, 0.717) is 6.54 Å². The summed E-state index contributed by atoms with van der Waals surface area (Å²) in [6, 6.07) is 12.9. The van der Waals surface area contributed by atoms with Gasteiger partial charge in [0, 0.05) is 24.4 Å². The van der Waals surface area contributed by atoms with E-state index in [9.17, 15) is 0 Å². The normalized spacial score (nSPS) is 12.3. The Morgan fingerprint density at radius 1 is 1.24 bits per heavy atom. The largest absolute Gasteiger partial charge is 0.355 e. The average molecular weight is 524 g/mol. The molecule has 2 heterocycles. The van der Waals surface area contributed by atoms with E-state index >= 15 is 0 Å². The highest BCUT2D eigenvalue weighted by atomic mass is 127. The van der Waals surface area contributed by atoms with Crippen LogP contribution in [0.1, 0.15) is 41.7 Å². The summed E-state index contributed by atoms with van der Waals surface area (Å²) < 4.78 is 2.08. The molecule has 0 aliphatic heterocycles. The minimum Gasteiger partial charge on any atom is -0.355 e. The highest BCUT2D eigenvalue weighted by Gasteiger charge is 2.09. The number of thiophene rings is 1. The molecule has 0 spiro atoms. The monoisotopic (exact) mass is 524 g/mol. The van der Waals surface area contributed by atoms with E-state index in [-0.39, 0.29) is 30.0 Å². The summed E-state index contributed by atoms with van der Waals surface area (Å²) in [7, 11) is 0. The molecule has 29 heavy (non-hydrogen) atoms. The lowest BCUT2D eigenvalue weighted by Crippen LogP contribution is -2.40. The molecule has 3 aromatic rings. The van der Waals surface area contributed by atoms with Gasteiger partial charge in [0.05, 0.1) is 12.6 Å². The fourth-order valence-electron chi connectivity index (χ4n) is 2.86. The summed E-state index contributed by atoms with van der Waals surface area (Å²) in [6.45, 7) is 8.53. The van der Waals surface area contributed by atoms with E-state index in [1.165, 1.54) is 16.0 Å². The number of hydrogen-bond acceptors (Lipinski definition) is 4. The van der Waals surface area contributed by atoms with Crippen LogP contribution in [-0.4, -0.2) is 27.3 Å². The van der Waals surface area contributed by atoms with Gasteiger partial charge in [0.2, 0.25) is 0 Å². The first-order valence-corrected chi connectivity index (χ1v) is 10.5. The lowest BCUT2D eigenvalue weighted by atomic mass is 10.1. The minimum absolute atomic E-state index is 0. The van der Waals surface area contributed by atoms with Crippen molar-refractivity contribution in [3.8, 4) is 0 Å². The van der Waals surface area contributed by atoms with Crippen molar-refractivity contribution in [2.45, 2.75) is 46.3 Å². The van der Waals surface area contributed by atoms with Gasteiger partial charge in [-0.15, -0.1) is 45.5 Å². The van der Waals surface area contributed by atoms with Crippen LogP contribution in [0.5, 0.6) is 0 Å². The van der Waals surface area contributed by atoms with Gasteiger partial charge < -0.3 is 15.2 Å². The fraction of sp³-hybridized carbons (Fsp3) is 0.381. The molecule has 0 saturated carbocycles. The Labute approximate surface area is 193 Å². The number of aromatic nitrogens is 3. The second-order valence-corrected chi connectivity index (χ2v) is 7.73. The molecule has 2 N–H and O–H groups in total. The molecule has 1 atom stereocenters. The van der Waals surface area contributed by atoms with Crippen LogP contribution in [0.4, 0.5) is 0 Å². The molecule has 1 aromatic carbocycles. The molecule has 0 fully saturated rings. The van der Waals surface area contributed by atoms with Crippen LogP contribution in [0.25, 0.3) is 0 Å². The molecular weight excluding hydrogens is 495 g/mol. The quantitative estimate of drug-likeness (QED) is 0.262. The zero-order valence-electron chi connectivity index (χ0n) is 17.1. The number of benzene rings is 1. The predicted octanol–water partition coefficient (Wildman–Crippen LogP) is 4.33. The molecule has 0 radical (unpaired) electrons. The van der Waals surface area contributed by atoms with E-state index in [0.717, 1.165) is 31.3 Å². The summed E-state index contributed by atoms with van der Waals surface area (Å²) in [4.78, 5) is 6.08. The number of aryl methyl sites for hydroxylation is 2. The van der Waals surface area contributed by atoms with Crippen molar-refractivity contribution in [1.29, 1.82) is 0 Å². The van der Waals surface area contributed by atoms with E-state index in [1.807, 2.05) is 0 Å². The first kappa shape index (κ1) is 23.3. The van der Waals surface area contributed by atoms with Gasteiger partial charge in [0.1, 0.15) is 12.2 Å². The second kappa shape index (κ2) is 11.9. The molecule has 0 aliphatic rings. The molecule has 0 bridgehead atoms. The first-order valence-electron chi connectivity index (χ1n) is 9.66. The standard InChI is InChI=1S/C21H28N6S.HI/c1-4-20-26-24-15-27(20)12-11-22-21(25-17(3)19-6-5-13-28-19)23-14-18-9-7-16(2)8-10-18;/h5-10,13,15,17H,4,11-12,14H2,1-3H3,(H2,22,23,25);1H. The van der Waals surface area contributed by atoms with E-state index < -0.39 is 0 Å². The van der Waals surface area contributed by atoms with Crippen LogP contribution in [0.15, 0.2) is 53.1 Å². The van der Waals surface area contributed by atoms with E-state index in [1.54, 1.807) is 17.7 Å². The van der Waals surface area contributed by atoms with Crippen molar-refractivity contribution >= 4 is 41.3 Å². The van der Waals surface area contributed by atoms with Crippen molar-refractivity contribution in [2.24, 2.45) is 4.99 Å². The number of halogens is 1. The van der Waals surface area contributed by atoms with Crippen molar-refractivity contribution in [3.05, 3.63) is 69.9 Å². The zero-order chi connectivity index (χ0) is 19.8. The second-order valence-electron chi connectivity index (χ2n) is 6.75. The predicted molar refractivity (Wildman–Crippen MR) is 131 cm³/mol. The van der Waals surface area contributed by atoms with Gasteiger partial charge in [-0.1, -0.05) is 42.8 Å². The number of guanidine groups is 1. The Morgan fingerprint density at radius 3 is 2.72 bits per heavy atom. The maximum Gasteiger partial charge on any atom is 0.192 e. The molecule has 2 aromatic heterocycles. The van der Waals surface area contributed by atoms with E-state index in [2.05, 4.69) is 87.9 Å². The van der Waals surface area contributed by atoms with Gasteiger partial charge in [-0.05, 0) is 30.9 Å². The Bertz CT molecular complexity index is 873. The lowest BCUT2D eigenvalue weighted by molar-refractivity contribution is 0.621. The van der Waals surface area contributed by atoms with Crippen LogP contribution >= 0.6 is 35.3 Å². The highest BCUT2D eigenvalue weighted by Crippen LogP contribution is 2.17. The zero-order valence-corrected chi connectivity index (χ0v) is 20.3. The summed E-state index contributed by atoms with van der Waals surface area (Å²) in [6.07, 6.45) is 2.66. The topological polar surface area (TPSA) is 67.1 Å². The van der Waals surface area contributed by atoms with Crippen LogP contribution in [0.2, 0.25) is 0 Å². The summed E-state index contributed by atoms with van der Waals surface area (Å²) in [5.74, 6) is 1.81. The van der Waals surface area contributed by atoms with Crippen molar-refractivity contribution in [2.75, 3.05) is 6.54 Å². The van der Waals surface area contributed by atoms with Crippen LogP contribution in [-0.2, 0) is 19.5 Å². The Balaban J connectivity index is 0.00000300. The van der Waals surface area contributed by atoms with E-state index in [4.69, 9.17) is 4.99 Å². The SMILES string of the molecule is CCc1nncn1CCNC(=NCc1ccc(C)cc1)NC(C)c1cccs1.I. The number of aliphatic imine (C=N–C) groups is 1. The number of hydrogen-bond donors (Lipinski definition) is 2. The number of nitrogens with zero attached hydrogens (tertiary/aromatic N) is 4. The maximum absolute atomic E-state index is 4.79. The van der Waals surface area contributed by atoms with Crippen LogP contribution in [0, 0.1) is 6.92 Å². The highest BCUT2D eigenvalue weighted by molar-refractivity contribution is 14.0. The Kier molecular flexibility index (Phi) is 9.59. The van der Waals surface area contributed by atoms with Crippen LogP contribution in [0.3, 0.4) is 0 Å². The van der Waals surface area contributed by atoms with Crippen LogP contribution < -0.4 is 10.6 Å². The lowest BCUT2D eigenvalue weighted by Gasteiger charge is -2.18. The molecule has 0 saturated heterocycles. The smallest absolute Gasteiger partial charge is 0.192 e. The van der Waals surface area contributed by atoms with Gasteiger partial charge in [0.15, 0.2) is 5.96 Å². The number of rotatable bonds is 8. The van der Waals surface area contributed by atoms with Gasteiger partial charge in [0.25, 0.3) is 0 Å². The first-order chi connectivity index (χ1) is 13.7. The average Bonchev–Trinajstić information content (AvgIpc) is 3.39. The molecule has 0 amide bonds. The maximum atomic E-state index is 4.79. The third-order valence-electron chi connectivity index (χ3n) is 4.52. The fourth-order valence-corrected chi connectivity index (χ4v) is 3.60. The van der Waals surface area contributed by atoms with Gasteiger partial charge in [-0.3, -0.25) is 0 Å². The third-order valence-corrected chi connectivity index (χ3v) is 5.58. The summed E-state index contributed by atoms with van der Waals surface area (Å²) >= 11 is 1.75. The van der Waals surface area contributed by atoms with Crippen molar-refractivity contribution in [3.63, 3.8) is 0 Å². The molecule has 8 heteroatoms. The van der Waals surface area contributed by atoms with Gasteiger partial charge >= 0.3 is 0 Å². The molecular formula is C21H29IN6S. The van der Waals surface area contributed by atoms with Gasteiger partial charge in [-0.25, -0.2) is 4.99 Å². The molecule has 156 valence electrons. The van der Waals surface area contributed by atoms with Crippen molar-refractivity contribution in [1.82, 2.24) is 25.4 Å². The summed E-state index contributed by atoms with van der Waals surface area (Å²) in [5.41, 5.74) is 2.46. The van der Waals surface area contributed by atoms with Gasteiger partial charge in [-0.2, -0.15) is 0 Å². The number of nitrogens with one attached hydrogen (secondary N) is 2. The third kappa shape index (κ3) is 7.11.